The van der Waals surface area contributed by atoms with Crippen molar-refractivity contribution >= 4 is 22.8 Å². The molecule has 0 unspecified atom stereocenters. The third-order valence-electron chi connectivity index (χ3n) is 3.68. The molecule has 0 radical (unpaired) electrons. The van der Waals surface area contributed by atoms with Crippen LogP contribution in [0.15, 0.2) is 24.3 Å². The van der Waals surface area contributed by atoms with Gasteiger partial charge in [-0.15, -0.1) is 0 Å². The minimum atomic E-state index is -1.05. The van der Waals surface area contributed by atoms with Gasteiger partial charge in [0.05, 0.1) is 23.9 Å². The second kappa shape index (κ2) is 6.64. The molecule has 1 aromatic heterocycles. The maximum Gasteiger partial charge on any atom is 0.326 e. The molecule has 0 aliphatic carbocycles. The van der Waals surface area contributed by atoms with Gasteiger partial charge < -0.3 is 15.2 Å². The van der Waals surface area contributed by atoms with E-state index in [1.54, 1.807) is 46.1 Å². The summed E-state index contributed by atoms with van der Waals surface area (Å²) in [4.78, 5) is 28.1. The van der Waals surface area contributed by atoms with Crippen molar-refractivity contribution in [2.24, 2.45) is 5.92 Å². The number of aromatic nitrogens is 1. The lowest BCUT2D eigenvalue weighted by Gasteiger charge is -2.18. The number of hydrogen-bond donors (Lipinski definition) is 2. The number of nitrogens with zero attached hydrogens (tertiary/aromatic N) is 1. The number of ether oxygens (including phenoxy) is 1. The number of hydrogen-bond acceptors (Lipinski definition) is 4. The van der Waals surface area contributed by atoms with Crippen molar-refractivity contribution in [1.29, 1.82) is 0 Å². The average Bonchev–Trinajstić information content (AvgIpc) is 2.50. The Kier molecular flexibility index (Phi) is 4.83. The summed E-state index contributed by atoms with van der Waals surface area (Å²) in [7, 11) is 1.58. The molecule has 6 nitrogen and oxygen atoms in total. The Balaban J connectivity index is 2.37. The molecule has 0 spiro atoms. The van der Waals surface area contributed by atoms with Crippen molar-refractivity contribution < 1.29 is 19.4 Å². The molecule has 2 rings (SSSR count). The van der Waals surface area contributed by atoms with Crippen LogP contribution in [-0.4, -0.2) is 35.1 Å². The molecule has 0 bridgehead atoms. The van der Waals surface area contributed by atoms with Gasteiger partial charge in [-0.05, 0) is 31.0 Å². The largest absolute Gasteiger partial charge is 0.497 e. The van der Waals surface area contributed by atoms with Crippen molar-refractivity contribution in [1.82, 2.24) is 10.3 Å². The van der Waals surface area contributed by atoms with E-state index in [0.717, 1.165) is 10.9 Å². The average molecular weight is 316 g/mol. The van der Waals surface area contributed by atoms with Crippen molar-refractivity contribution in [3.8, 4) is 5.75 Å². The molecule has 1 aromatic carbocycles. The Bertz CT molecular complexity index is 756. The second-order valence-corrected chi connectivity index (χ2v) is 5.71. The normalized spacial score (nSPS) is 12.2. The number of fused-ring (bicyclic) bond motifs is 1. The highest BCUT2D eigenvalue weighted by Crippen LogP contribution is 2.22. The molecule has 1 amide bonds. The van der Waals surface area contributed by atoms with Crippen LogP contribution in [0.1, 0.15) is 29.9 Å². The van der Waals surface area contributed by atoms with Gasteiger partial charge >= 0.3 is 5.97 Å². The summed E-state index contributed by atoms with van der Waals surface area (Å²) in [5.41, 5.74) is 1.63. The number of carbonyl (C=O) groups excluding carboxylic acids is 1. The zero-order valence-electron chi connectivity index (χ0n) is 13.6. The summed E-state index contributed by atoms with van der Waals surface area (Å²) < 4.78 is 5.16. The van der Waals surface area contributed by atoms with Crippen molar-refractivity contribution in [2.45, 2.75) is 26.8 Å². The molecule has 0 fully saturated rings. The molecule has 23 heavy (non-hydrogen) atoms. The van der Waals surface area contributed by atoms with Gasteiger partial charge in [-0.25, -0.2) is 4.79 Å². The van der Waals surface area contributed by atoms with Gasteiger partial charge in [0.1, 0.15) is 11.8 Å². The van der Waals surface area contributed by atoms with E-state index in [1.807, 2.05) is 6.07 Å². The lowest BCUT2D eigenvalue weighted by Crippen LogP contribution is -2.44. The molecule has 2 N–H and O–H groups in total. The van der Waals surface area contributed by atoms with Gasteiger partial charge in [-0.1, -0.05) is 13.8 Å². The van der Waals surface area contributed by atoms with E-state index in [-0.39, 0.29) is 5.92 Å². The number of carboxylic acids is 1. The lowest BCUT2D eigenvalue weighted by atomic mass is 10.0. The van der Waals surface area contributed by atoms with E-state index in [9.17, 15) is 14.7 Å². The van der Waals surface area contributed by atoms with Gasteiger partial charge in [0, 0.05) is 11.5 Å². The molecule has 122 valence electrons. The standard InChI is InChI=1S/C17H20N2O4/c1-9(2)15(17(21)22)19-16(20)13-7-11-5-6-12(23-4)8-14(11)18-10(13)3/h5-9,15H,1-4H3,(H,19,20)(H,21,22)/t15-/m1/s1. The van der Waals surface area contributed by atoms with Crippen LogP contribution in [0.5, 0.6) is 5.75 Å². The number of benzene rings is 1. The summed E-state index contributed by atoms with van der Waals surface area (Å²) in [6.45, 7) is 5.21. The first-order valence-corrected chi connectivity index (χ1v) is 7.32. The molecular formula is C17H20N2O4. The Morgan fingerprint density at radius 1 is 1.26 bits per heavy atom. The van der Waals surface area contributed by atoms with Crippen LogP contribution in [0.3, 0.4) is 0 Å². The summed E-state index contributed by atoms with van der Waals surface area (Å²) in [5.74, 6) is -1.01. The summed E-state index contributed by atoms with van der Waals surface area (Å²) >= 11 is 0. The molecule has 2 aromatic rings. The lowest BCUT2D eigenvalue weighted by molar-refractivity contribution is -0.140. The monoisotopic (exact) mass is 316 g/mol. The van der Waals surface area contributed by atoms with Gasteiger partial charge in [-0.3, -0.25) is 9.78 Å². The Morgan fingerprint density at radius 3 is 2.52 bits per heavy atom. The van der Waals surface area contributed by atoms with E-state index >= 15 is 0 Å². The maximum absolute atomic E-state index is 12.4. The highest BCUT2D eigenvalue weighted by molar-refractivity contribution is 6.00. The number of aryl methyl sites for hydroxylation is 1. The zero-order chi connectivity index (χ0) is 17.1. The van der Waals surface area contributed by atoms with Crippen LogP contribution in [0.2, 0.25) is 0 Å². The predicted octanol–water partition coefficient (Wildman–Crippen LogP) is 2.39. The summed E-state index contributed by atoms with van der Waals surface area (Å²) in [5, 5.41) is 12.5. The number of carboxylic acid groups (broad SMARTS) is 1. The van der Waals surface area contributed by atoms with Crippen molar-refractivity contribution in [3.05, 3.63) is 35.5 Å². The van der Waals surface area contributed by atoms with Crippen LogP contribution < -0.4 is 10.1 Å². The van der Waals surface area contributed by atoms with Gasteiger partial charge in [0.25, 0.3) is 5.91 Å². The smallest absolute Gasteiger partial charge is 0.326 e. The van der Waals surface area contributed by atoms with E-state index in [4.69, 9.17) is 4.74 Å². The quantitative estimate of drug-likeness (QED) is 0.884. The SMILES string of the molecule is COc1ccc2cc(C(=O)N[C@@H](C(=O)O)C(C)C)c(C)nc2c1. The molecular weight excluding hydrogens is 296 g/mol. The fourth-order valence-corrected chi connectivity index (χ4v) is 2.33. The van der Waals surface area contributed by atoms with Crippen molar-refractivity contribution in [2.75, 3.05) is 7.11 Å². The Labute approximate surface area is 134 Å². The van der Waals surface area contributed by atoms with E-state index in [2.05, 4.69) is 10.3 Å². The van der Waals surface area contributed by atoms with E-state index in [0.29, 0.717) is 17.0 Å². The topological polar surface area (TPSA) is 88.5 Å². The van der Waals surface area contributed by atoms with Gasteiger partial charge in [-0.2, -0.15) is 0 Å². The summed E-state index contributed by atoms with van der Waals surface area (Å²) in [6, 6.07) is 6.17. The molecule has 0 aliphatic rings. The fraction of sp³-hybridized carbons (Fsp3) is 0.353. The molecule has 1 heterocycles. The Hall–Kier alpha value is -2.63. The van der Waals surface area contributed by atoms with Gasteiger partial charge in [0.15, 0.2) is 0 Å². The molecule has 0 saturated heterocycles. The molecule has 0 saturated carbocycles. The predicted molar refractivity (Wildman–Crippen MR) is 86.8 cm³/mol. The van der Waals surface area contributed by atoms with E-state index < -0.39 is 17.9 Å². The first kappa shape index (κ1) is 16.7. The number of nitrogens with one attached hydrogen (secondary N) is 1. The third kappa shape index (κ3) is 3.59. The molecule has 0 aliphatic heterocycles. The third-order valence-corrected chi connectivity index (χ3v) is 3.68. The first-order valence-electron chi connectivity index (χ1n) is 7.32. The molecule has 6 heteroatoms. The number of carbonyl (C=O) groups is 2. The number of amides is 1. The Morgan fingerprint density at radius 2 is 1.96 bits per heavy atom. The second-order valence-electron chi connectivity index (χ2n) is 5.71. The number of aliphatic carboxylic acids is 1. The maximum atomic E-state index is 12.4. The van der Waals surface area contributed by atoms with Crippen molar-refractivity contribution in [3.63, 3.8) is 0 Å². The first-order chi connectivity index (χ1) is 10.8. The van der Waals surface area contributed by atoms with E-state index in [1.165, 1.54) is 0 Å². The number of methoxy groups -OCH3 is 1. The van der Waals surface area contributed by atoms with Crippen LogP contribution in [0.25, 0.3) is 10.9 Å². The highest BCUT2D eigenvalue weighted by atomic mass is 16.5. The minimum Gasteiger partial charge on any atom is -0.497 e. The van der Waals surface area contributed by atoms with Crippen LogP contribution in [0, 0.1) is 12.8 Å². The molecule has 1 atom stereocenters. The van der Waals surface area contributed by atoms with Crippen LogP contribution in [0.4, 0.5) is 0 Å². The van der Waals surface area contributed by atoms with Gasteiger partial charge in [0.2, 0.25) is 0 Å². The number of rotatable bonds is 5. The number of pyridine rings is 1. The summed E-state index contributed by atoms with van der Waals surface area (Å²) in [6.07, 6.45) is 0. The van der Waals surface area contributed by atoms with Crippen LogP contribution in [-0.2, 0) is 4.79 Å². The zero-order valence-corrected chi connectivity index (χ0v) is 13.6. The minimum absolute atomic E-state index is 0.213. The van der Waals surface area contributed by atoms with Crippen LogP contribution >= 0.6 is 0 Å². The highest BCUT2D eigenvalue weighted by Gasteiger charge is 2.25. The fourth-order valence-electron chi connectivity index (χ4n) is 2.33.